The summed E-state index contributed by atoms with van der Waals surface area (Å²) in [5.41, 5.74) is 2.20. The molecule has 4 heteroatoms. The van der Waals surface area contributed by atoms with Gasteiger partial charge in [-0.25, -0.2) is 4.98 Å². The number of rotatable bonds is 2. The minimum atomic E-state index is 0.381. The first-order chi connectivity index (χ1) is 10.8. The van der Waals surface area contributed by atoms with Crippen LogP contribution in [0.4, 0.5) is 5.82 Å². The van der Waals surface area contributed by atoms with Gasteiger partial charge >= 0.3 is 0 Å². The van der Waals surface area contributed by atoms with Crippen LogP contribution in [0.3, 0.4) is 0 Å². The summed E-state index contributed by atoms with van der Waals surface area (Å²) in [6, 6.07) is 12.9. The average molecular weight is 290 g/mol. The first-order valence-electron chi connectivity index (χ1n) is 7.83. The maximum Gasteiger partial charge on any atom is 0.161 e. The quantitative estimate of drug-likeness (QED) is 0.852. The van der Waals surface area contributed by atoms with Gasteiger partial charge in [-0.2, -0.15) is 5.26 Å². The van der Waals surface area contributed by atoms with Crippen molar-refractivity contribution in [3.63, 3.8) is 0 Å². The number of nitrogens with zero attached hydrogens (tertiary/aromatic N) is 4. The summed E-state index contributed by atoms with van der Waals surface area (Å²) in [4.78, 5) is 10.9. The number of anilines is 1. The predicted molar refractivity (Wildman–Crippen MR) is 84.4 cm³/mol. The zero-order chi connectivity index (χ0) is 15.0. The average Bonchev–Trinajstić information content (AvgIpc) is 2.97. The van der Waals surface area contributed by atoms with Gasteiger partial charge in [0.2, 0.25) is 0 Å². The lowest BCUT2D eigenvalue weighted by Gasteiger charge is -2.43. The van der Waals surface area contributed by atoms with Crippen molar-refractivity contribution < 1.29 is 0 Å². The Balaban J connectivity index is 1.66. The molecule has 1 saturated heterocycles. The van der Waals surface area contributed by atoms with E-state index in [0.29, 0.717) is 17.0 Å². The van der Waals surface area contributed by atoms with Gasteiger partial charge in [0.1, 0.15) is 11.9 Å². The lowest BCUT2D eigenvalue weighted by molar-refractivity contribution is 0.139. The monoisotopic (exact) mass is 290 g/mol. The van der Waals surface area contributed by atoms with E-state index in [-0.39, 0.29) is 0 Å². The molecule has 1 spiro atoms. The summed E-state index contributed by atoms with van der Waals surface area (Å²) >= 11 is 0. The van der Waals surface area contributed by atoms with Crippen LogP contribution in [0.2, 0.25) is 0 Å². The number of hydrogen-bond donors (Lipinski definition) is 0. The van der Waals surface area contributed by atoms with Crippen molar-refractivity contribution in [2.45, 2.75) is 25.2 Å². The van der Waals surface area contributed by atoms with Crippen molar-refractivity contribution in [3.8, 4) is 6.07 Å². The molecule has 0 N–H and O–H groups in total. The van der Waals surface area contributed by atoms with E-state index in [2.05, 4.69) is 51.3 Å². The molecule has 110 valence electrons. The molecular formula is C18H18N4. The van der Waals surface area contributed by atoms with E-state index in [1.54, 1.807) is 6.20 Å². The molecule has 1 aliphatic heterocycles. The molecule has 2 fully saturated rings. The van der Waals surface area contributed by atoms with Crippen LogP contribution in [0.1, 0.15) is 36.4 Å². The fraction of sp³-hybridized carbons (Fsp3) is 0.389. The molecule has 1 aromatic carbocycles. The van der Waals surface area contributed by atoms with Crippen molar-refractivity contribution in [1.29, 1.82) is 5.26 Å². The smallest absolute Gasteiger partial charge is 0.161 e. The summed E-state index contributed by atoms with van der Waals surface area (Å²) in [5.74, 6) is 1.39. The highest BCUT2D eigenvalue weighted by Crippen LogP contribution is 2.56. The van der Waals surface area contributed by atoms with Gasteiger partial charge in [-0.3, -0.25) is 4.98 Å². The Morgan fingerprint density at radius 3 is 2.68 bits per heavy atom. The second kappa shape index (κ2) is 5.10. The van der Waals surface area contributed by atoms with Crippen molar-refractivity contribution in [1.82, 2.24) is 9.97 Å². The van der Waals surface area contributed by atoms with Gasteiger partial charge in [-0.05, 0) is 23.8 Å². The molecule has 4 rings (SSSR count). The molecule has 2 aliphatic rings. The molecule has 4 nitrogen and oxygen atoms in total. The van der Waals surface area contributed by atoms with Gasteiger partial charge in [0.05, 0.1) is 12.4 Å². The number of benzene rings is 1. The third-order valence-corrected chi connectivity index (χ3v) is 5.26. The minimum Gasteiger partial charge on any atom is -0.354 e. The van der Waals surface area contributed by atoms with E-state index < -0.39 is 0 Å². The fourth-order valence-electron chi connectivity index (χ4n) is 3.99. The Morgan fingerprint density at radius 2 is 2.00 bits per heavy atom. The van der Waals surface area contributed by atoms with Crippen molar-refractivity contribution in [2.24, 2.45) is 5.41 Å². The molecule has 0 amide bonds. The van der Waals surface area contributed by atoms with Gasteiger partial charge in [-0.15, -0.1) is 0 Å². The summed E-state index contributed by atoms with van der Waals surface area (Å²) in [7, 11) is 0. The number of hydrogen-bond acceptors (Lipinski definition) is 4. The largest absolute Gasteiger partial charge is 0.354 e. The SMILES string of the molecule is N#Cc1cncc(N2CC(c3ccccc3)C3(CCC3)C2)n1. The van der Waals surface area contributed by atoms with E-state index >= 15 is 0 Å². The zero-order valence-corrected chi connectivity index (χ0v) is 12.4. The third kappa shape index (κ3) is 2.05. The standard InChI is InChI=1S/C18H18N4/c19-9-15-10-20-11-17(21-15)22-12-16(14-5-2-1-3-6-14)18(13-22)7-4-8-18/h1-3,5-6,10-11,16H,4,7-8,12-13H2. The van der Waals surface area contributed by atoms with Gasteiger partial charge in [-0.1, -0.05) is 36.8 Å². The van der Waals surface area contributed by atoms with E-state index in [1.807, 2.05) is 0 Å². The van der Waals surface area contributed by atoms with Crippen molar-refractivity contribution >= 4 is 5.82 Å². The van der Waals surface area contributed by atoms with Gasteiger partial charge in [0.15, 0.2) is 5.69 Å². The van der Waals surface area contributed by atoms with Crippen molar-refractivity contribution in [3.05, 3.63) is 54.0 Å². The Bertz CT molecular complexity index is 715. The second-order valence-corrected chi connectivity index (χ2v) is 6.43. The van der Waals surface area contributed by atoms with E-state index in [0.717, 1.165) is 18.9 Å². The molecule has 1 unspecified atom stereocenters. The van der Waals surface area contributed by atoms with Gasteiger partial charge < -0.3 is 4.90 Å². The normalized spacial score (nSPS) is 22.3. The molecule has 0 radical (unpaired) electrons. The Kier molecular flexibility index (Phi) is 3.07. The lowest BCUT2D eigenvalue weighted by Crippen LogP contribution is -2.36. The summed E-state index contributed by atoms with van der Waals surface area (Å²) in [6.45, 7) is 1.99. The highest BCUT2D eigenvalue weighted by molar-refractivity contribution is 5.44. The van der Waals surface area contributed by atoms with Crippen LogP contribution in [-0.2, 0) is 0 Å². The molecule has 1 aliphatic carbocycles. The lowest BCUT2D eigenvalue weighted by atomic mass is 9.61. The zero-order valence-electron chi connectivity index (χ0n) is 12.4. The molecular weight excluding hydrogens is 272 g/mol. The molecule has 2 heterocycles. The predicted octanol–water partition coefficient (Wildman–Crippen LogP) is 3.12. The van der Waals surface area contributed by atoms with Crippen LogP contribution in [0.5, 0.6) is 0 Å². The maximum absolute atomic E-state index is 9.02. The molecule has 0 bridgehead atoms. The first-order valence-corrected chi connectivity index (χ1v) is 7.83. The fourth-order valence-corrected chi connectivity index (χ4v) is 3.99. The minimum absolute atomic E-state index is 0.381. The number of aromatic nitrogens is 2. The van der Waals surface area contributed by atoms with Gasteiger partial charge in [0, 0.05) is 19.0 Å². The van der Waals surface area contributed by atoms with Crippen LogP contribution in [0.15, 0.2) is 42.7 Å². The molecule has 1 atom stereocenters. The van der Waals surface area contributed by atoms with E-state index in [9.17, 15) is 0 Å². The van der Waals surface area contributed by atoms with E-state index in [4.69, 9.17) is 5.26 Å². The summed E-state index contributed by atoms with van der Waals surface area (Å²) in [6.07, 6.45) is 7.19. The molecule has 1 aromatic heterocycles. The molecule has 1 saturated carbocycles. The second-order valence-electron chi connectivity index (χ2n) is 6.43. The Hall–Kier alpha value is -2.41. The van der Waals surface area contributed by atoms with Gasteiger partial charge in [0.25, 0.3) is 0 Å². The summed E-state index contributed by atoms with van der Waals surface area (Å²) < 4.78 is 0. The van der Waals surface area contributed by atoms with Crippen LogP contribution >= 0.6 is 0 Å². The van der Waals surface area contributed by atoms with Crippen LogP contribution < -0.4 is 4.90 Å². The maximum atomic E-state index is 9.02. The topological polar surface area (TPSA) is 52.8 Å². The number of nitriles is 1. The van der Waals surface area contributed by atoms with Crippen molar-refractivity contribution in [2.75, 3.05) is 18.0 Å². The van der Waals surface area contributed by atoms with E-state index in [1.165, 1.54) is 31.0 Å². The molecule has 2 aromatic rings. The highest BCUT2D eigenvalue weighted by Gasteiger charge is 2.51. The summed E-state index contributed by atoms with van der Waals surface area (Å²) in [5, 5.41) is 9.02. The third-order valence-electron chi connectivity index (χ3n) is 5.26. The van der Waals surface area contributed by atoms with Crippen LogP contribution in [0.25, 0.3) is 0 Å². The Morgan fingerprint density at radius 1 is 1.18 bits per heavy atom. The highest BCUT2D eigenvalue weighted by atomic mass is 15.2. The van der Waals surface area contributed by atoms with Crippen LogP contribution in [-0.4, -0.2) is 23.1 Å². The molecule has 22 heavy (non-hydrogen) atoms. The van der Waals surface area contributed by atoms with Crippen LogP contribution in [0, 0.1) is 16.7 Å². The first kappa shape index (κ1) is 13.3. The Labute approximate surface area is 130 Å².